The summed E-state index contributed by atoms with van der Waals surface area (Å²) in [4.78, 5) is 4.27. The second-order valence-electron chi connectivity index (χ2n) is 4.05. The molecule has 1 heterocycles. The third kappa shape index (κ3) is 3.01. The van der Waals surface area contributed by atoms with Gasteiger partial charge in [0.25, 0.3) is 0 Å². The predicted molar refractivity (Wildman–Crippen MR) is 71.6 cm³/mol. The van der Waals surface area contributed by atoms with Crippen LogP contribution < -0.4 is 5.32 Å². The first-order valence-electron chi connectivity index (χ1n) is 5.64. The van der Waals surface area contributed by atoms with Crippen LogP contribution in [0, 0.1) is 13.8 Å². The van der Waals surface area contributed by atoms with Crippen LogP contribution in [0.15, 0.2) is 30.6 Å². The van der Waals surface area contributed by atoms with Crippen molar-refractivity contribution in [3.8, 4) is 0 Å². The molecule has 1 aromatic carbocycles. The molecule has 0 spiro atoms. The fourth-order valence-corrected chi connectivity index (χ4v) is 1.88. The smallest absolute Gasteiger partial charge is 0.0952 e. The van der Waals surface area contributed by atoms with E-state index < -0.39 is 0 Å². The summed E-state index contributed by atoms with van der Waals surface area (Å²) in [6.45, 7) is 5.87. The molecular formula is C13H16ClN3. The van der Waals surface area contributed by atoms with Crippen molar-refractivity contribution in [3.63, 3.8) is 0 Å². The summed E-state index contributed by atoms with van der Waals surface area (Å²) in [5.41, 5.74) is 3.36. The molecule has 0 aliphatic rings. The SMILES string of the molecule is Cc1ncn(CCNc2cccc(Cl)c2)c1C. The first-order chi connectivity index (χ1) is 8.16. The van der Waals surface area contributed by atoms with Crippen molar-refractivity contribution in [2.24, 2.45) is 0 Å². The van der Waals surface area contributed by atoms with E-state index in [1.807, 2.05) is 37.5 Å². The normalized spacial score (nSPS) is 10.5. The molecule has 2 rings (SSSR count). The van der Waals surface area contributed by atoms with Gasteiger partial charge in [0, 0.05) is 29.5 Å². The number of imidazole rings is 1. The third-order valence-corrected chi connectivity index (χ3v) is 3.09. The summed E-state index contributed by atoms with van der Waals surface area (Å²) >= 11 is 5.91. The van der Waals surface area contributed by atoms with Crippen molar-refractivity contribution in [1.82, 2.24) is 9.55 Å². The maximum atomic E-state index is 5.91. The number of aryl methyl sites for hydroxylation is 1. The van der Waals surface area contributed by atoms with Gasteiger partial charge in [0.2, 0.25) is 0 Å². The van der Waals surface area contributed by atoms with Crippen LogP contribution in [0.5, 0.6) is 0 Å². The summed E-state index contributed by atoms with van der Waals surface area (Å²) in [5, 5.41) is 4.09. The Morgan fingerprint density at radius 2 is 2.18 bits per heavy atom. The highest BCUT2D eigenvalue weighted by Gasteiger charge is 2.01. The van der Waals surface area contributed by atoms with Gasteiger partial charge >= 0.3 is 0 Å². The van der Waals surface area contributed by atoms with Crippen LogP contribution in [0.3, 0.4) is 0 Å². The zero-order valence-corrected chi connectivity index (χ0v) is 10.8. The maximum Gasteiger partial charge on any atom is 0.0952 e. The molecule has 0 bridgehead atoms. The molecule has 0 radical (unpaired) electrons. The molecule has 0 atom stereocenters. The van der Waals surface area contributed by atoms with Gasteiger partial charge in [-0.1, -0.05) is 17.7 Å². The van der Waals surface area contributed by atoms with Gasteiger partial charge in [-0.3, -0.25) is 0 Å². The lowest BCUT2D eigenvalue weighted by atomic mass is 10.3. The Balaban J connectivity index is 1.90. The predicted octanol–water partition coefficient (Wildman–Crippen LogP) is 3.27. The minimum atomic E-state index is 0.754. The molecule has 0 fully saturated rings. The van der Waals surface area contributed by atoms with E-state index in [9.17, 15) is 0 Å². The van der Waals surface area contributed by atoms with Gasteiger partial charge in [0.1, 0.15) is 0 Å². The second-order valence-corrected chi connectivity index (χ2v) is 4.48. The molecule has 0 saturated carbocycles. The van der Waals surface area contributed by atoms with E-state index in [1.165, 1.54) is 5.69 Å². The van der Waals surface area contributed by atoms with Gasteiger partial charge in [-0.05, 0) is 32.0 Å². The third-order valence-electron chi connectivity index (χ3n) is 2.85. The molecule has 2 aromatic rings. The fraction of sp³-hybridized carbons (Fsp3) is 0.308. The van der Waals surface area contributed by atoms with Gasteiger partial charge in [-0.15, -0.1) is 0 Å². The lowest BCUT2D eigenvalue weighted by molar-refractivity contribution is 0.705. The van der Waals surface area contributed by atoms with Crippen LogP contribution >= 0.6 is 11.6 Å². The zero-order chi connectivity index (χ0) is 12.3. The van der Waals surface area contributed by atoms with Crippen molar-refractivity contribution >= 4 is 17.3 Å². The molecule has 0 unspecified atom stereocenters. The van der Waals surface area contributed by atoms with Crippen LogP contribution in [-0.4, -0.2) is 16.1 Å². The number of aromatic nitrogens is 2. The van der Waals surface area contributed by atoms with Crippen molar-refractivity contribution in [3.05, 3.63) is 47.0 Å². The number of benzene rings is 1. The summed E-state index contributed by atoms with van der Waals surface area (Å²) in [7, 11) is 0. The van der Waals surface area contributed by atoms with Gasteiger partial charge in [-0.25, -0.2) is 4.98 Å². The zero-order valence-electron chi connectivity index (χ0n) is 10.1. The molecule has 1 N–H and O–H groups in total. The van der Waals surface area contributed by atoms with Crippen LogP contribution in [0.25, 0.3) is 0 Å². The van der Waals surface area contributed by atoms with E-state index in [1.54, 1.807) is 0 Å². The van der Waals surface area contributed by atoms with Gasteiger partial charge in [0.05, 0.1) is 12.0 Å². The molecule has 3 nitrogen and oxygen atoms in total. The molecule has 0 aliphatic heterocycles. The van der Waals surface area contributed by atoms with Crippen molar-refractivity contribution in [1.29, 1.82) is 0 Å². The molecular weight excluding hydrogens is 234 g/mol. The van der Waals surface area contributed by atoms with Crippen molar-refractivity contribution in [2.45, 2.75) is 20.4 Å². The monoisotopic (exact) mass is 249 g/mol. The molecule has 90 valence electrons. The lowest BCUT2D eigenvalue weighted by Gasteiger charge is -2.08. The Morgan fingerprint density at radius 1 is 1.35 bits per heavy atom. The first-order valence-corrected chi connectivity index (χ1v) is 6.02. The Labute approximate surface area is 106 Å². The summed E-state index contributed by atoms with van der Waals surface area (Å²) in [6.07, 6.45) is 1.88. The highest BCUT2D eigenvalue weighted by Crippen LogP contribution is 2.14. The quantitative estimate of drug-likeness (QED) is 0.901. The summed E-state index contributed by atoms with van der Waals surface area (Å²) in [5.74, 6) is 0. The van der Waals surface area contributed by atoms with Gasteiger partial charge in [-0.2, -0.15) is 0 Å². The van der Waals surface area contributed by atoms with Gasteiger partial charge in [0.15, 0.2) is 0 Å². The molecule has 0 aliphatic carbocycles. The standard InChI is InChI=1S/C13H16ClN3/c1-10-11(2)17(9-16-10)7-6-15-13-5-3-4-12(14)8-13/h3-5,8-9,15H,6-7H2,1-2H3. The Kier molecular flexibility index (Phi) is 3.69. The van der Waals surface area contributed by atoms with Crippen LogP contribution in [0.4, 0.5) is 5.69 Å². The molecule has 17 heavy (non-hydrogen) atoms. The number of nitrogens with zero attached hydrogens (tertiary/aromatic N) is 2. The van der Waals surface area contributed by atoms with Crippen molar-refractivity contribution < 1.29 is 0 Å². The average molecular weight is 250 g/mol. The number of halogens is 1. The highest BCUT2D eigenvalue weighted by molar-refractivity contribution is 6.30. The largest absolute Gasteiger partial charge is 0.383 e. The lowest BCUT2D eigenvalue weighted by Crippen LogP contribution is -2.10. The molecule has 4 heteroatoms. The minimum absolute atomic E-state index is 0.754. The Bertz CT molecular complexity index is 505. The van der Waals surface area contributed by atoms with E-state index >= 15 is 0 Å². The second kappa shape index (κ2) is 5.23. The van der Waals surface area contributed by atoms with E-state index in [4.69, 9.17) is 11.6 Å². The van der Waals surface area contributed by atoms with E-state index in [0.29, 0.717) is 0 Å². The summed E-state index contributed by atoms with van der Waals surface area (Å²) in [6, 6.07) is 7.75. The number of anilines is 1. The topological polar surface area (TPSA) is 29.9 Å². The minimum Gasteiger partial charge on any atom is -0.383 e. The van der Waals surface area contributed by atoms with E-state index in [-0.39, 0.29) is 0 Å². The summed E-state index contributed by atoms with van der Waals surface area (Å²) < 4.78 is 2.15. The molecule has 1 aromatic heterocycles. The molecule has 0 saturated heterocycles. The van der Waals surface area contributed by atoms with Crippen LogP contribution in [-0.2, 0) is 6.54 Å². The van der Waals surface area contributed by atoms with Crippen LogP contribution in [0.1, 0.15) is 11.4 Å². The maximum absolute atomic E-state index is 5.91. The number of hydrogen-bond acceptors (Lipinski definition) is 2. The molecule has 0 amide bonds. The van der Waals surface area contributed by atoms with Crippen LogP contribution in [0.2, 0.25) is 5.02 Å². The van der Waals surface area contributed by atoms with Crippen molar-refractivity contribution in [2.75, 3.05) is 11.9 Å². The highest BCUT2D eigenvalue weighted by atomic mass is 35.5. The number of hydrogen-bond donors (Lipinski definition) is 1. The fourth-order valence-electron chi connectivity index (χ4n) is 1.69. The first kappa shape index (κ1) is 12.0. The van der Waals surface area contributed by atoms with Gasteiger partial charge < -0.3 is 9.88 Å². The Morgan fingerprint density at radius 3 is 2.82 bits per heavy atom. The van der Waals surface area contributed by atoms with E-state index in [0.717, 1.165) is 29.5 Å². The Hall–Kier alpha value is -1.48. The number of nitrogens with one attached hydrogen (secondary N) is 1. The number of rotatable bonds is 4. The van der Waals surface area contributed by atoms with E-state index in [2.05, 4.69) is 21.8 Å². The average Bonchev–Trinajstić information content (AvgIpc) is 2.61.